The lowest BCUT2D eigenvalue weighted by atomic mass is 10.3. The second-order valence-electron chi connectivity index (χ2n) is 4.31. The van der Waals surface area contributed by atoms with Crippen LogP contribution in [0.5, 0.6) is 0 Å². The summed E-state index contributed by atoms with van der Waals surface area (Å²) in [6.45, 7) is 5.12. The van der Waals surface area contributed by atoms with E-state index in [1.165, 1.54) is 11.3 Å². The van der Waals surface area contributed by atoms with E-state index >= 15 is 0 Å². The molecule has 0 saturated heterocycles. The maximum atomic E-state index is 11.3. The van der Waals surface area contributed by atoms with Crippen LogP contribution in [0.4, 0.5) is 0 Å². The third kappa shape index (κ3) is 5.29. The highest BCUT2D eigenvalue weighted by atomic mass is 32.1. The highest BCUT2D eigenvalue weighted by Gasteiger charge is 2.05. The highest BCUT2D eigenvalue weighted by molar-refractivity contribution is 7.10. The average molecular weight is 269 g/mol. The van der Waals surface area contributed by atoms with Crippen LogP contribution in [0.1, 0.15) is 35.5 Å². The molecule has 0 bridgehead atoms. The minimum absolute atomic E-state index is 0.0431. The Morgan fingerprint density at radius 1 is 1.44 bits per heavy atom. The van der Waals surface area contributed by atoms with Crippen LogP contribution in [-0.4, -0.2) is 24.4 Å². The van der Waals surface area contributed by atoms with E-state index < -0.39 is 5.91 Å². The van der Waals surface area contributed by atoms with E-state index in [-0.39, 0.29) is 11.9 Å². The molecule has 0 aliphatic carbocycles. The Morgan fingerprint density at radius 3 is 2.72 bits per heavy atom. The number of amides is 2. The number of thiophene rings is 1. The molecular formula is C12H19N3O2S. The number of hydrogen-bond donors (Lipinski definition) is 3. The first-order valence-corrected chi connectivity index (χ1v) is 6.74. The van der Waals surface area contributed by atoms with Gasteiger partial charge in [0.05, 0.1) is 5.56 Å². The minimum atomic E-state index is -0.409. The van der Waals surface area contributed by atoms with Gasteiger partial charge in [0.2, 0.25) is 11.8 Å². The van der Waals surface area contributed by atoms with Crippen LogP contribution in [0.25, 0.3) is 0 Å². The zero-order chi connectivity index (χ0) is 13.5. The Kier molecular flexibility index (Phi) is 5.80. The first kappa shape index (κ1) is 14.7. The fourth-order valence-corrected chi connectivity index (χ4v) is 2.25. The van der Waals surface area contributed by atoms with Gasteiger partial charge in [0, 0.05) is 35.8 Å². The average Bonchev–Trinajstić information content (AvgIpc) is 2.72. The van der Waals surface area contributed by atoms with Crippen molar-refractivity contribution in [1.82, 2.24) is 10.6 Å². The number of nitrogens with one attached hydrogen (secondary N) is 2. The Bertz CT molecular complexity index is 415. The molecule has 1 aromatic heterocycles. The second kappa shape index (κ2) is 7.13. The first-order valence-electron chi connectivity index (χ1n) is 5.86. The number of carbonyl (C=O) groups is 2. The summed E-state index contributed by atoms with van der Waals surface area (Å²) in [5.74, 6) is -0.365. The number of nitrogens with two attached hydrogens (primary N) is 1. The highest BCUT2D eigenvalue weighted by Crippen LogP contribution is 2.13. The van der Waals surface area contributed by atoms with Gasteiger partial charge in [-0.15, -0.1) is 11.3 Å². The van der Waals surface area contributed by atoms with Crippen molar-refractivity contribution in [3.05, 3.63) is 21.9 Å². The summed E-state index contributed by atoms with van der Waals surface area (Å²) in [4.78, 5) is 23.3. The summed E-state index contributed by atoms with van der Waals surface area (Å²) >= 11 is 1.48. The van der Waals surface area contributed by atoms with Crippen LogP contribution in [0, 0.1) is 0 Å². The Balaban J connectivity index is 2.21. The molecule has 1 rings (SSSR count). The molecule has 0 aromatic carbocycles. The van der Waals surface area contributed by atoms with Gasteiger partial charge in [0.25, 0.3) is 0 Å². The summed E-state index contributed by atoms with van der Waals surface area (Å²) in [6.07, 6.45) is 0.451. The van der Waals surface area contributed by atoms with Crippen molar-refractivity contribution >= 4 is 23.2 Å². The molecule has 0 saturated carbocycles. The van der Waals surface area contributed by atoms with Gasteiger partial charge in [0.15, 0.2) is 0 Å². The third-order valence-corrected chi connectivity index (χ3v) is 3.15. The number of carbonyl (C=O) groups excluding carboxylic acids is 2. The van der Waals surface area contributed by atoms with Gasteiger partial charge in [-0.2, -0.15) is 0 Å². The summed E-state index contributed by atoms with van der Waals surface area (Å²) in [5.41, 5.74) is 5.70. The maximum Gasteiger partial charge on any atom is 0.249 e. The molecule has 1 heterocycles. The number of primary amides is 1. The molecule has 0 aliphatic heterocycles. The van der Waals surface area contributed by atoms with E-state index in [1.807, 2.05) is 13.8 Å². The van der Waals surface area contributed by atoms with E-state index in [2.05, 4.69) is 10.6 Å². The SMILES string of the molecule is CC(C)NC(=O)CCNCc1cc(C(N)=O)cs1. The lowest BCUT2D eigenvalue weighted by Crippen LogP contribution is -2.32. The Hall–Kier alpha value is -1.40. The molecule has 0 radical (unpaired) electrons. The van der Waals surface area contributed by atoms with Crippen molar-refractivity contribution in [2.45, 2.75) is 32.9 Å². The molecule has 4 N–H and O–H groups in total. The predicted molar refractivity (Wildman–Crippen MR) is 72.4 cm³/mol. The number of rotatable bonds is 7. The zero-order valence-electron chi connectivity index (χ0n) is 10.7. The smallest absolute Gasteiger partial charge is 0.249 e. The van der Waals surface area contributed by atoms with Gasteiger partial charge in [-0.1, -0.05) is 0 Å². The van der Waals surface area contributed by atoms with Gasteiger partial charge in [0.1, 0.15) is 0 Å². The van der Waals surface area contributed by atoms with Gasteiger partial charge >= 0.3 is 0 Å². The molecule has 5 nitrogen and oxygen atoms in total. The van der Waals surface area contributed by atoms with Crippen LogP contribution in [0.2, 0.25) is 0 Å². The summed E-state index contributed by atoms with van der Waals surface area (Å²) in [7, 11) is 0. The van der Waals surface area contributed by atoms with Crippen molar-refractivity contribution in [3.63, 3.8) is 0 Å². The summed E-state index contributed by atoms with van der Waals surface area (Å²) in [5, 5.41) is 7.72. The standard InChI is InChI=1S/C12H19N3O2S/c1-8(2)15-11(16)3-4-14-6-10-5-9(7-18-10)12(13)17/h5,7-8,14H,3-4,6H2,1-2H3,(H2,13,17)(H,15,16). The Morgan fingerprint density at radius 2 is 2.17 bits per heavy atom. The lowest BCUT2D eigenvalue weighted by molar-refractivity contribution is -0.121. The van der Waals surface area contributed by atoms with Crippen LogP contribution < -0.4 is 16.4 Å². The van der Waals surface area contributed by atoms with Crippen molar-refractivity contribution in [2.24, 2.45) is 5.73 Å². The number of hydrogen-bond acceptors (Lipinski definition) is 4. The van der Waals surface area contributed by atoms with E-state index in [9.17, 15) is 9.59 Å². The zero-order valence-corrected chi connectivity index (χ0v) is 11.5. The van der Waals surface area contributed by atoms with Crippen molar-refractivity contribution in [3.8, 4) is 0 Å². The molecule has 0 unspecified atom stereocenters. The van der Waals surface area contributed by atoms with E-state index in [4.69, 9.17) is 5.73 Å². The van der Waals surface area contributed by atoms with E-state index in [0.717, 1.165) is 4.88 Å². The van der Waals surface area contributed by atoms with Gasteiger partial charge in [-0.25, -0.2) is 0 Å². The second-order valence-corrected chi connectivity index (χ2v) is 5.31. The van der Waals surface area contributed by atoms with Crippen LogP contribution >= 0.6 is 11.3 Å². The quantitative estimate of drug-likeness (QED) is 0.642. The summed E-state index contributed by atoms with van der Waals surface area (Å²) < 4.78 is 0. The fourth-order valence-electron chi connectivity index (χ4n) is 1.41. The van der Waals surface area contributed by atoms with Crippen LogP contribution in [-0.2, 0) is 11.3 Å². The van der Waals surface area contributed by atoms with Gasteiger partial charge < -0.3 is 16.4 Å². The molecule has 0 aliphatic rings. The molecule has 6 heteroatoms. The van der Waals surface area contributed by atoms with Crippen molar-refractivity contribution < 1.29 is 9.59 Å². The fraction of sp³-hybridized carbons (Fsp3) is 0.500. The summed E-state index contributed by atoms with van der Waals surface area (Å²) in [6, 6.07) is 1.95. The molecule has 0 atom stereocenters. The molecule has 2 amide bonds. The Labute approximate surface area is 111 Å². The molecule has 0 spiro atoms. The van der Waals surface area contributed by atoms with Crippen LogP contribution in [0.15, 0.2) is 11.4 Å². The molecular weight excluding hydrogens is 250 g/mol. The third-order valence-electron chi connectivity index (χ3n) is 2.22. The monoisotopic (exact) mass is 269 g/mol. The normalized spacial score (nSPS) is 10.6. The topological polar surface area (TPSA) is 84.2 Å². The molecule has 0 fully saturated rings. The predicted octanol–water partition coefficient (Wildman–Crippen LogP) is 0.851. The van der Waals surface area contributed by atoms with Gasteiger partial charge in [-0.3, -0.25) is 9.59 Å². The van der Waals surface area contributed by atoms with Crippen LogP contribution in [0.3, 0.4) is 0 Å². The van der Waals surface area contributed by atoms with Crippen molar-refractivity contribution in [2.75, 3.05) is 6.54 Å². The van der Waals surface area contributed by atoms with E-state index in [1.54, 1.807) is 11.4 Å². The molecule has 100 valence electrons. The van der Waals surface area contributed by atoms with Gasteiger partial charge in [-0.05, 0) is 19.9 Å². The van der Waals surface area contributed by atoms with E-state index in [0.29, 0.717) is 25.1 Å². The maximum absolute atomic E-state index is 11.3. The lowest BCUT2D eigenvalue weighted by Gasteiger charge is -2.08. The first-order chi connectivity index (χ1) is 8.49. The minimum Gasteiger partial charge on any atom is -0.366 e. The largest absolute Gasteiger partial charge is 0.366 e. The molecule has 18 heavy (non-hydrogen) atoms. The molecule has 1 aromatic rings. The van der Waals surface area contributed by atoms with Crippen molar-refractivity contribution in [1.29, 1.82) is 0 Å².